The van der Waals surface area contributed by atoms with E-state index in [1.165, 1.54) is 44.1 Å². The molecule has 108 valence electrons. The fourth-order valence-corrected chi connectivity index (χ4v) is 4.90. The first-order chi connectivity index (χ1) is 9.88. The molecule has 2 aliphatic carbocycles. The van der Waals surface area contributed by atoms with Crippen molar-refractivity contribution in [2.45, 2.75) is 62.6 Å². The van der Waals surface area contributed by atoms with Crippen LogP contribution in [-0.2, 0) is 0 Å². The molecule has 2 nitrogen and oxygen atoms in total. The summed E-state index contributed by atoms with van der Waals surface area (Å²) in [5.41, 5.74) is 7.62. The van der Waals surface area contributed by atoms with E-state index >= 15 is 0 Å². The molecule has 2 N–H and O–H groups in total. The zero-order valence-corrected chi connectivity index (χ0v) is 12.2. The Balaban J connectivity index is 1.52. The van der Waals surface area contributed by atoms with E-state index in [2.05, 4.69) is 35.2 Å². The molecule has 1 aromatic carbocycles. The molecule has 5 unspecified atom stereocenters. The van der Waals surface area contributed by atoms with E-state index < -0.39 is 0 Å². The lowest BCUT2D eigenvalue weighted by atomic mass is 9.84. The third kappa shape index (κ3) is 2.10. The average Bonchev–Trinajstić information content (AvgIpc) is 3.21. The number of nitrogens with zero attached hydrogens (tertiary/aromatic N) is 1. The lowest BCUT2D eigenvalue weighted by Gasteiger charge is -2.34. The molecule has 5 atom stereocenters. The van der Waals surface area contributed by atoms with Crippen LogP contribution in [0.5, 0.6) is 0 Å². The van der Waals surface area contributed by atoms with Crippen LogP contribution in [0.15, 0.2) is 30.3 Å². The van der Waals surface area contributed by atoms with Gasteiger partial charge in [-0.05, 0) is 37.2 Å². The fourth-order valence-electron chi connectivity index (χ4n) is 4.90. The normalized spacial score (nSPS) is 40.5. The molecule has 1 heterocycles. The maximum atomic E-state index is 6.09. The highest BCUT2D eigenvalue weighted by atomic mass is 15.3. The first-order valence-corrected chi connectivity index (χ1v) is 8.41. The minimum atomic E-state index is 0.654. The van der Waals surface area contributed by atoms with Crippen LogP contribution in [0.1, 0.15) is 50.0 Å². The highest BCUT2D eigenvalue weighted by molar-refractivity contribution is 5.28. The van der Waals surface area contributed by atoms with Gasteiger partial charge in [-0.1, -0.05) is 43.2 Å². The van der Waals surface area contributed by atoms with Crippen molar-refractivity contribution in [2.75, 3.05) is 6.54 Å². The van der Waals surface area contributed by atoms with E-state index in [1.54, 1.807) is 0 Å². The first kappa shape index (κ1) is 12.8. The van der Waals surface area contributed by atoms with Crippen LogP contribution in [0.3, 0.4) is 0 Å². The lowest BCUT2D eigenvalue weighted by Crippen LogP contribution is -2.43. The van der Waals surface area contributed by atoms with Gasteiger partial charge in [-0.2, -0.15) is 0 Å². The first-order valence-electron chi connectivity index (χ1n) is 8.41. The summed E-state index contributed by atoms with van der Waals surface area (Å²) in [5, 5.41) is 0. The number of fused-ring (bicyclic) bond motifs is 1. The van der Waals surface area contributed by atoms with Crippen LogP contribution < -0.4 is 5.73 Å². The Morgan fingerprint density at radius 2 is 1.80 bits per heavy atom. The molecule has 1 aliphatic heterocycles. The minimum Gasteiger partial charge on any atom is -0.329 e. The molecular formula is C18H26N2. The molecule has 2 heteroatoms. The van der Waals surface area contributed by atoms with Crippen molar-refractivity contribution in [3.63, 3.8) is 0 Å². The second kappa shape index (κ2) is 5.16. The minimum absolute atomic E-state index is 0.654. The number of hydrogen-bond donors (Lipinski definition) is 1. The summed E-state index contributed by atoms with van der Waals surface area (Å²) in [5.74, 6) is 1.71. The van der Waals surface area contributed by atoms with Gasteiger partial charge in [0.05, 0.1) is 0 Å². The number of hydrogen-bond acceptors (Lipinski definition) is 2. The van der Waals surface area contributed by atoms with Gasteiger partial charge in [0.25, 0.3) is 0 Å². The van der Waals surface area contributed by atoms with Crippen molar-refractivity contribution >= 4 is 0 Å². The van der Waals surface area contributed by atoms with Gasteiger partial charge < -0.3 is 5.73 Å². The van der Waals surface area contributed by atoms with Gasteiger partial charge in [0.1, 0.15) is 0 Å². The fraction of sp³-hybridized carbons (Fsp3) is 0.667. The second-order valence-corrected chi connectivity index (χ2v) is 7.00. The van der Waals surface area contributed by atoms with Gasteiger partial charge in [0, 0.05) is 30.6 Å². The van der Waals surface area contributed by atoms with E-state index in [0.717, 1.165) is 30.5 Å². The molecule has 0 aromatic heterocycles. The Kier molecular flexibility index (Phi) is 3.31. The van der Waals surface area contributed by atoms with Crippen molar-refractivity contribution in [1.29, 1.82) is 0 Å². The van der Waals surface area contributed by atoms with Gasteiger partial charge in [-0.25, -0.2) is 0 Å². The summed E-state index contributed by atoms with van der Waals surface area (Å²) < 4.78 is 0. The Bertz CT molecular complexity index is 458. The van der Waals surface area contributed by atoms with Crippen LogP contribution in [0.25, 0.3) is 0 Å². The molecule has 0 amide bonds. The van der Waals surface area contributed by atoms with Crippen molar-refractivity contribution in [3.05, 3.63) is 35.9 Å². The Morgan fingerprint density at radius 3 is 2.60 bits per heavy atom. The van der Waals surface area contributed by atoms with E-state index in [0.29, 0.717) is 6.04 Å². The molecule has 1 aromatic rings. The van der Waals surface area contributed by atoms with Gasteiger partial charge in [0.2, 0.25) is 0 Å². The van der Waals surface area contributed by atoms with E-state index in [-0.39, 0.29) is 0 Å². The van der Waals surface area contributed by atoms with Gasteiger partial charge >= 0.3 is 0 Å². The van der Waals surface area contributed by atoms with Crippen LogP contribution in [-0.4, -0.2) is 29.6 Å². The number of nitrogens with two attached hydrogens (primary N) is 1. The lowest BCUT2D eigenvalue weighted by molar-refractivity contribution is 0.142. The third-order valence-corrected chi connectivity index (χ3v) is 5.89. The SMILES string of the molecule is NCC1CC2CCCCC2N1C1CC1c1ccccc1. The highest BCUT2D eigenvalue weighted by Crippen LogP contribution is 2.51. The molecule has 0 spiro atoms. The number of benzene rings is 1. The van der Waals surface area contributed by atoms with Crippen LogP contribution in [0.2, 0.25) is 0 Å². The van der Waals surface area contributed by atoms with Gasteiger partial charge in [-0.15, -0.1) is 0 Å². The Hall–Kier alpha value is -0.860. The maximum Gasteiger partial charge on any atom is 0.0227 e. The summed E-state index contributed by atoms with van der Waals surface area (Å²) in [7, 11) is 0. The molecule has 0 radical (unpaired) electrons. The van der Waals surface area contributed by atoms with E-state index in [1.807, 2.05) is 0 Å². The molecule has 2 saturated carbocycles. The smallest absolute Gasteiger partial charge is 0.0227 e. The zero-order valence-electron chi connectivity index (χ0n) is 12.2. The summed E-state index contributed by atoms with van der Waals surface area (Å²) in [6, 6.07) is 13.4. The molecule has 3 aliphatic rings. The molecule has 0 bridgehead atoms. The number of rotatable bonds is 3. The molecule has 1 saturated heterocycles. The number of likely N-dealkylation sites (tertiary alicyclic amines) is 1. The predicted octanol–water partition coefficient (Wildman–Crippen LogP) is 3.13. The van der Waals surface area contributed by atoms with Crippen molar-refractivity contribution in [1.82, 2.24) is 4.90 Å². The van der Waals surface area contributed by atoms with E-state index in [4.69, 9.17) is 5.73 Å². The van der Waals surface area contributed by atoms with Crippen LogP contribution in [0.4, 0.5) is 0 Å². The molecular weight excluding hydrogens is 244 g/mol. The standard InChI is InChI=1S/C18H26N2/c19-12-15-10-14-8-4-5-9-17(14)20(15)18-11-16(18)13-6-2-1-3-7-13/h1-3,6-7,14-18H,4-5,8-12,19H2. The largest absolute Gasteiger partial charge is 0.329 e. The van der Waals surface area contributed by atoms with Crippen molar-refractivity contribution < 1.29 is 0 Å². The third-order valence-electron chi connectivity index (χ3n) is 5.89. The molecule has 20 heavy (non-hydrogen) atoms. The zero-order chi connectivity index (χ0) is 13.5. The van der Waals surface area contributed by atoms with Crippen molar-refractivity contribution in [3.8, 4) is 0 Å². The van der Waals surface area contributed by atoms with Crippen molar-refractivity contribution in [2.24, 2.45) is 11.7 Å². The monoisotopic (exact) mass is 270 g/mol. The molecule has 4 rings (SSSR count). The summed E-state index contributed by atoms with van der Waals surface area (Å²) in [4.78, 5) is 2.85. The second-order valence-electron chi connectivity index (χ2n) is 7.00. The summed E-state index contributed by atoms with van der Waals surface area (Å²) >= 11 is 0. The maximum absolute atomic E-state index is 6.09. The van der Waals surface area contributed by atoms with E-state index in [9.17, 15) is 0 Å². The quantitative estimate of drug-likeness (QED) is 0.914. The molecule has 3 fully saturated rings. The Labute approximate surface area is 122 Å². The topological polar surface area (TPSA) is 29.3 Å². The van der Waals surface area contributed by atoms with Crippen LogP contribution in [0, 0.1) is 5.92 Å². The van der Waals surface area contributed by atoms with Gasteiger partial charge in [0.15, 0.2) is 0 Å². The highest BCUT2D eigenvalue weighted by Gasteiger charge is 2.52. The predicted molar refractivity (Wildman–Crippen MR) is 82.6 cm³/mol. The Morgan fingerprint density at radius 1 is 1.00 bits per heavy atom. The summed E-state index contributed by atoms with van der Waals surface area (Å²) in [6.07, 6.45) is 8.44. The van der Waals surface area contributed by atoms with Crippen LogP contribution >= 0.6 is 0 Å². The van der Waals surface area contributed by atoms with Gasteiger partial charge in [-0.3, -0.25) is 4.90 Å². The summed E-state index contributed by atoms with van der Waals surface area (Å²) in [6.45, 7) is 0.852. The average molecular weight is 270 g/mol.